The van der Waals surface area contributed by atoms with E-state index in [-0.39, 0.29) is 5.91 Å². The predicted molar refractivity (Wildman–Crippen MR) is 119 cm³/mol. The molecule has 0 aliphatic carbocycles. The number of hydrogen-bond donors (Lipinski definition) is 0. The zero-order chi connectivity index (χ0) is 19.7. The largest absolute Gasteiger partial charge is 0.368 e. The molecule has 2 aliphatic rings. The fraction of sp³-hybridized carbons (Fsp3) is 0.238. The van der Waals surface area contributed by atoms with Crippen molar-refractivity contribution in [3.63, 3.8) is 0 Å². The van der Waals surface area contributed by atoms with Crippen molar-refractivity contribution in [3.8, 4) is 0 Å². The third-order valence-corrected chi connectivity index (χ3v) is 6.55. The van der Waals surface area contributed by atoms with Crippen molar-refractivity contribution in [2.45, 2.75) is 6.92 Å². The Hall–Kier alpha value is -1.95. The zero-order valence-electron chi connectivity index (χ0n) is 15.4. The number of nitrogens with zero attached hydrogens (tertiary/aromatic N) is 3. The van der Waals surface area contributed by atoms with Gasteiger partial charge in [-0.3, -0.25) is 4.79 Å². The topological polar surface area (TPSA) is 35.9 Å². The summed E-state index contributed by atoms with van der Waals surface area (Å²) in [6.07, 6.45) is 1.87. The highest BCUT2D eigenvalue weighted by atomic mass is 35.5. The van der Waals surface area contributed by atoms with E-state index in [0.29, 0.717) is 9.93 Å². The molecule has 0 radical (unpaired) electrons. The molecule has 1 amide bonds. The van der Waals surface area contributed by atoms with Crippen LogP contribution in [0.4, 0.5) is 5.69 Å². The molecular weight excluding hydrogens is 413 g/mol. The summed E-state index contributed by atoms with van der Waals surface area (Å²) in [6.45, 7) is 5.37. The molecule has 0 spiro atoms. The standard InChI is InChI=1S/C21H19Cl2N3OS/c1-14-2-7-17(13-18(14)23)25-8-10-26(11-9-25)21-24-20(27)19(28-21)12-15-3-5-16(22)6-4-15/h2-7,12-13H,8-11H2,1H3/b19-12+. The normalized spacial score (nSPS) is 18.8. The quantitative estimate of drug-likeness (QED) is 0.619. The number of hydrogen-bond acceptors (Lipinski definition) is 4. The van der Waals surface area contributed by atoms with Crippen molar-refractivity contribution in [2.75, 3.05) is 31.1 Å². The molecule has 0 atom stereocenters. The fourth-order valence-corrected chi connectivity index (χ4v) is 4.44. The molecule has 2 aromatic carbocycles. The van der Waals surface area contributed by atoms with Crippen LogP contribution >= 0.6 is 35.0 Å². The SMILES string of the molecule is Cc1ccc(N2CCN(C3=NC(=O)/C(=C\c4ccc(Cl)cc4)S3)CC2)cc1Cl. The highest BCUT2D eigenvalue weighted by Gasteiger charge is 2.28. The molecular formula is C21H19Cl2N3OS. The Labute approximate surface area is 178 Å². The molecule has 1 saturated heterocycles. The van der Waals surface area contributed by atoms with Crippen molar-refractivity contribution >= 4 is 57.8 Å². The Bertz CT molecular complexity index is 964. The summed E-state index contributed by atoms with van der Waals surface area (Å²) in [5.74, 6) is -0.178. The number of thioether (sulfide) groups is 1. The number of anilines is 1. The first kappa shape index (κ1) is 19.4. The summed E-state index contributed by atoms with van der Waals surface area (Å²) in [6, 6.07) is 13.6. The molecule has 4 nitrogen and oxygen atoms in total. The number of rotatable bonds is 2. The predicted octanol–water partition coefficient (Wildman–Crippen LogP) is 5.09. The van der Waals surface area contributed by atoms with Crippen LogP contribution in [-0.2, 0) is 4.79 Å². The summed E-state index contributed by atoms with van der Waals surface area (Å²) in [7, 11) is 0. The molecule has 0 saturated carbocycles. The van der Waals surface area contributed by atoms with Crippen LogP contribution in [-0.4, -0.2) is 42.2 Å². The number of benzene rings is 2. The first-order valence-corrected chi connectivity index (χ1v) is 10.6. The van der Waals surface area contributed by atoms with Gasteiger partial charge in [0.05, 0.1) is 4.91 Å². The summed E-state index contributed by atoms with van der Waals surface area (Å²) in [5, 5.41) is 2.25. The number of halogens is 2. The molecule has 7 heteroatoms. The van der Waals surface area contributed by atoms with Crippen LogP contribution < -0.4 is 4.90 Å². The van der Waals surface area contributed by atoms with Gasteiger partial charge >= 0.3 is 0 Å². The second-order valence-electron chi connectivity index (χ2n) is 6.77. The molecule has 144 valence electrons. The second kappa shape index (κ2) is 8.19. The summed E-state index contributed by atoms with van der Waals surface area (Å²) < 4.78 is 0. The number of piperazine rings is 1. The van der Waals surface area contributed by atoms with Crippen molar-refractivity contribution < 1.29 is 4.79 Å². The average Bonchev–Trinajstić information content (AvgIpc) is 3.06. The van der Waals surface area contributed by atoms with Gasteiger partial charge < -0.3 is 9.80 Å². The molecule has 0 N–H and O–H groups in total. The van der Waals surface area contributed by atoms with Gasteiger partial charge in [0.2, 0.25) is 0 Å². The second-order valence-corrected chi connectivity index (χ2v) is 8.62. The Kier molecular flexibility index (Phi) is 5.67. The van der Waals surface area contributed by atoms with Gasteiger partial charge in [0.15, 0.2) is 5.17 Å². The minimum atomic E-state index is -0.178. The molecule has 4 rings (SSSR count). The van der Waals surface area contributed by atoms with E-state index in [9.17, 15) is 4.79 Å². The van der Waals surface area contributed by atoms with Crippen molar-refractivity contribution in [1.29, 1.82) is 0 Å². The lowest BCUT2D eigenvalue weighted by Gasteiger charge is -2.36. The fourth-order valence-electron chi connectivity index (χ4n) is 3.18. The monoisotopic (exact) mass is 431 g/mol. The van der Waals surface area contributed by atoms with Crippen LogP contribution in [0, 0.1) is 6.92 Å². The number of amides is 1. The van der Waals surface area contributed by atoms with E-state index in [1.807, 2.05) is 49.4 Å². The van der Waals surface area contributed by atoms with Gasteiger partial charge in [-0.1, -0.05) is 41.4 Å². The average molecular weight is 432 g/mol. The van der Waals surface area contributed by atoms with Crippen LogP contribution in [0.1, 0.15) is 11.1 Å². The van der Waals surface area contributed by atoms with Crippen LogP contribution in [0.15, 0.2) is 52.4 Å². The lowest BCUT2D eigenvalue weighted by atomic mass is 10.2. The number of aliphatic imine (C=N–C) groups is 1. The van der Waals surface area contributed by atoms with E-state index in [1.54, 1.807) is 0 Å². The van der Waals surface area contributed by atoms with E-state index in [1.165, 1.54) is 11.8 Å². The van der Waals surface area contributed by atoms with Gasteiger partial charge in [-0.25, -0.2) is 0 Å². The molecule has 2 aromatic rings. The van der Waals surface area contributed by atoms with Crippen LogP contribution in [0.25, 0.3) is 6.08 Å². The third-order valence-electron chi connectivity index (χ3n) is 4.85. The Morgan fingerprint density at radius 3 is 2.36 bits per heavy atom. The lowest BCUT2D eigenvalue weighted by Crippen LogP contribution is -2.47. The van der Waals surface area contributed by atoms with E-state index in [4.69, 9.17) is 23.2 Å². The molecule has 0 bridgehead atoms. The molecule has 2 aliphatic heterocycles. The van der Waals surface area contributed by atoms with Gasteiger partial charge in [-0.05, 0) is 60.2 Å². The number of carbonyl (C=O) groups is 1. The minimum Gasteiger partial charge on any atom is -0.368 e. The number of amidine groups is 1. The molecule has 0 aromatic heterocycles. The van der Waals surface area contributed by atoms with Crippen LogP contribution in [0.3, 0.4) is 0 Å². The van der Waals surface area contributed by atoms with Gasteiger partial charge in [0.25, 0.3) is 5.91 Å². The van der Waals surface area contributed by atoms with Crippen molar-refractivity contribution in [2.24, 2.45) is 4.99 Å². The Morgan fingerprint density at radius 1 is 1.00 bits per heavy atom. The first-order chi connectivity index (χ1) is 13.5. The third kappa shape index (κ3) is 4.22. The van der Waals surface area contributed by atoms with E-state index in [2.05, 4.69) is 20.9 Å². The van der Waals surface area contributed by atoms with Gasteiger partial charge in [0, 0.05) is 41.9 Å². The van der Waals surface area contributed by atoms with Crippen molar-refractivity contribution in [1.82, 2.24) is 4.90 Å². The van der Waals surface area contributed by atoms with Crippen molar-refractivity contribution in [3.05, 3.63) is 68.5 Å². The minimum absolute atomic E-state index is 0.178. The molecule has 2 heterocycles. The summed E-state index contributed by atoms with van der Waals surface area (Å²) >= 11 is 13.6. The number of aryl methyl sites for hydroxylation is 1. The van der Waals surface area contributed by atoms with E-state index in [0.717, 1.165) is 53.2 Å². The van der Waals surface area contributed by atoms with Gasteiger partial charge in [0.1, 0.15) is 0 Å². The summed E-state index contributed by atoms with van der Waals surface area (Å²) in [4.78, 5) is 21.7. The maximum atomic E-state index is 12.3. The van der Waals surface area contributed by atoms with Crippen LogP contribution in [0.5, 0.6) is 0 Å². The smallest absolute Gasteiger partial charge is 0.286 e. The maximum Gasteiger partial charge on any atom is 0.286 e. The molecule has 1 fully saturated rings. The highest BCUT2D eigenvalue weighted by molar-refractivity contribution is 8.18. The van der Waals surface area contributed by atoms with Crippen LogP contribution in [0.2, 0.25) is 10.0 Å². The zero-order valence-corrected chi connectivity index (χ0v) is 17.7. The maximum absolute atomic E-state index is 12.3. The summed E-state index contributed by atoms with van der Waals surface area (Å²) in [5.41, 5.74) is 3.16. The van der Waals surface area contributed by atoms with E-state index < -0.39 is 0 Å². The Balaban J connectivity index is 1.40. The Morgan fingerprint density at radius 2 is 1.68 bits per heavy atom. The highest BCUT2D eigenvalue weighted by Crippen LogP contribution is 2.31. The molecule has 0 unspecified atom stereocenters. The lowest BCUT2D eigenvalue weighted by molar-refractivity contribution is -0.113. The number of carbonyl (C=O) groups excluding carboxylic acids is 1. The van der Waals surface area contributed by atoms with Gasteiger partial charge in [-0.15, -0.1) is 0 Å². The molecule has 28 heavy (non-hydrogen) atoms. The first-order valence-electron chi connectivity index (χ1n) is 9.04. The van der Waals surface area contributed by atoms with Gasteiger partial charge in [-0.2, -0.15) is 4.99 Å². The van der Waals surface area contributed by atoms with E-state index >= 15 is 0 Å².